The molecule has 0 fully saturated rings. The topological polar surface area (TPSA) is 0 Å². The molecule has 0 aliphatic rings. The van der Waals surface area contributed by atoms with E-state index in [4.69, 9.17) is 0 Å². The average Bonchev–Trinajstić information content (AvgIpc) is 2.93. The summed E-state index contributed by atoms with van der Waals surface area (Å²) in [5.41, 5.74) is 0. The van der Waals surface area contributed by atoms with E-state index in [1.54, 1.807) is 0 Å². The predicted molar refractivity (Wildman–Crippen MR) is 176 cm³/mol. The highest BCUT2D eigenvalue weighted by molar-refractivity contribution is 4.55. The zero-order valence-corrected chi connectivity index (χ0v) is 27.8. The molecule has 230 valence electrons. The van der Waals surface area contributed by atoms with Crippen LogP contribution in [0.2, 0.25) is 0 Å². The Kier molecular flexibility index (Phi) is 31.5. The minimum Gasteiger partial charge on any atom is -0.324 e. The first-order chi connectivity index (χ1) is 18.7. The number of hydrogen-bond acceptors (Lipinski definition) is 0. The second kappa shape index (κ2) is 31.5. The van der Waals surface area contributed by atoms with Crippen LogP contribution in [-0.4, -0.2) is 30.7 Å². The molecule has 0 bridgehead atoms. The van der Waals surface area contributed by atoms with Gasteiger partial charge < -0.3 is 4.48 Å². The van der Waals surface area contributed by atoms with Gasteiger partial charge in [0.1, 0.15) is 0 Å². The Hall–Kier alpha value is -0.0400. The molecule has 38 heavy (non-hydrogen) atoms. The van der Waals surface area contributed by atoms with Gasteiger partial charge in [-0.3, -0.25) is 0 Å². The molecule has 0 unspecified atom stereocenters. The summed E-state index contributed by atoms with van der Waals surface area (Å²) in [6.45, 7) is 15.3. The first-order valence-electron chi connectivity index (χ1n) is 18.6. The molecule has 0 atom stereocenters. The third kappa shape index (κ3) is 26.2. The molecule has 0 radical (unpaired) electrons. The van der Waals surface area contributed by atoms with E-state index in [-0.39, 0.29) is 0 Å². The molecule has 0 aliphatic carbocycles. The van der Waals surface area contributed by atoms with Crippen molar-refractivity contribution in [3.8, 4) is 0 Å². The molecule has 1 nitrogen and oxygen atoms in total. The summed E-state index contributed by atoms with van der Waals surface area (Å²) >= 11 is 0. The minimum absolute atomic E-state index is 1.37. The summed E-state index contributed by atoms with van der Waals surface area (Å²) in [6.07, 6.45) is 42.2. The van der Waals surface area contributed by atoms with E-state index in [0.717, 1.165) is 0 Å². The first kappa shape index (κ1) is 38.0. The molecule has 0 aromatic heterocycles. The molecular weight excluding hydrogens is 458 g/mol. The van der Waals surface area contributed by atoms with E-state index in [1.165, 1.54) is 217 Å². The standard InChI is InChI=1S/C37H78N/c1-5-9-13-17-21-25-29-33-37-38(34-30-26-22-18-14-10-6-2,35-31-27-23-19-15-11-7-3)36-32-28-24-20-16-12-8-4/h5-37H2,1-4H3/q+1. The summed E-state index contributed by atoms with van der Waals surface area (Å²) in [5.74, 6) is 0. The van der Waals surface area contributed by atoms with Crippen LogP contribution in [0, 0.1) is 0 Å². The van der Waals surface area contributed by atoms with Gasteiger partial charge in [-0.2, -0.15) is 0 Å². The highest BCUT2D eigenvalue weighted by atomic mass is 15.3. The van der Waals surface area contributed by atoms with Gasteiger partial charge in [-0.15, -0.1) is 0 Å². The van der Waals surface area contributed by atoms with Crippen molar-refractivity contribution in [2.45, 2.75) is 214 Å². The molecule has 0 aromatic carbocycles. The Morgan fingerprint density at radius 2 is 0.368 bits per heavy atom. The zero-order chi connectivity index (χ0) is 27.8. The summed E-state index contributed by atoms with van der Waals surface area (Å²) in [7, 11) is 0. The Balaban J connectivity index is 4.79. The summed E-state index contributed by atoms with van der Waals surface area (Å²) in [4.78, 5) is 0. The largest absolute Gasteiger partial charge is 0.324 e. The van der Waals surface area contributed by atoms with Crippen LogP contribution < -0.4 is 0 Å². The van der Waals surface area contributed by atoms with E-state index >= 15 is 0 Å². The lowest BCUT2D eigenvalue weighted by Crippen LogP contribution is -2.50. The molecule has 0 saturated heterocycles. The number of hydrogen-bond donors (Lipinski definition) is 0. The van der Waals surface area contributed by atoms with Crippen LogP contribution in [0.1, 0.15) is 214 Å². The van der Waals surface area contributed by atoms with E-state index in [2.05, 4.69) is 27.7 Å². The van der Waals surface area contributed by atoms with E-state index in [0.29, 0.717) is 0 Å². The van der Waals surface area contributed by atoms with E-state index in [9.17, 15) is 0 Å². The van der Waals surface area contributed by atoms with Crippen LogP contribution in [0.5, 0.6) is 0 Å². The van der Waals surface area contributed by atoms with Gasteiger partial charge >= 0.3 is 0 Å². The van der Waals surface area contributed by atoms with Gasteiger partial charge in [0.05, 0.1) is 26.2 Å². The maximum absolute atomic E-state index is 2.34. The van der Waals surface area contributed by atoms with E-state index < -0.39 is 0 Å². The molecule has 0 aliphatic heterocycles. The normalized spacial score (nSPS) is 12.0. The number of nitrogens with zero attached hydrogens (tertiary/aromatic N) is 1. The lowest BCUT2D eigenvalue weighted by molar-refractivity contribution is -0.929. The first-order valence-corrected chi connectivity index (χ1v) is 18.6. The van der Waals surface area contributed by atoms with Crippen LogP contribution in [0.15, 0.2) is 0 Å². The van der Waals surface area contributed by atoms with Gasteiger partial charge in [0, 0.05) is 0 Å². The lowest BCUT2D eigenvalue weighted by Gasteiger charge is -2.40. The van der Waals surface area contributed by atoms with Crippen LogP contribution in [0.25, 0.3) is 0 Å². The summed E-state index contributed by atoms with van der Waals surface area (Å²) in [6, 6.07) is 0. The van der Waals surface area contributed by atoms with Crippen molar-refractivity contribution in [1.82, 2.24) is 0 Å². The van der Waals surface area contributed by atoms with Crippen LogP contribution in [0.4, 0.5) is 0 Å². The van der Waals surface area contributed by atoms with Crippen molar-refractivity contribution in [2.75, 3.05) is 26.2 Å². The van der Waals surface area contributed by atoms with Gasteiger partial charge in [-0.1, -0.05) is 163 Å². The maximum atomic E-state index is 2.34. The lowest BCUT2D eigenvalue weighted by atomic mass is 10.0. The molecule has 0 N–H and O–H groups in total. The van der Waals surface area contributed by atoms with Gasteiger partial charge in [0.25, 0.3) is 0 Å². The monoisotopic (exact) mass is 537 g/mol. The van der Waals surface area contributed by atoms with Crippen molar-refractivity contribution in [3.05, 3.63) is 0 Å². The molecule has 0 aromatic rings. The Morgan fingerprint density at radius 1 is 0.211 bits per heavy atom. The molecule has 1 heteroatoms. The van der Waals surface area contributed by atoms with E-state index in [1.807, 2.05) is 0 Å². The maximum Gasteiger partial charge on any atom is 0.0786 e. The highest BCUT2D eigenvalue weighted by Crippen LogP contribution is 2.21. The van der Waals surface area contributed by atoms with Crippen molar-refractivity contribution in [2.24, 2.45) is 0 Å². The fourth-order valence-corrected chi connectivity index (χ4v) is 6.46. The zero-order valence-electron chi connectivity index (χ0n) is 27.8. The Morgan fingerprint density at radius 3 is 0.553 bits per heavy atom. The SMILES string of the molecule is CCCCCCCCCC[N+](CCCCCCCCC)(CCCCCCCCC)CCCCCCCCC. The van der Waals surface area contributed by atoms with Crippen molar-refractivity contribution >= 4 is 0 Å². The second-order valence-corrected chi connectivity index (χ2v) is 13.1. The molecule has 0 saturated carbocycles. The molecule has 0 rings (SSSR count). The number of unbranched alkanes of at least 4 members (excludes halogenated alkanes) is 25. The minimum atomic E-state index is 1.37. The third-order valence-electron chi connectivity index (χ3n) is 9.19. The van der Waals surface area contributed by atoms with Crippen molar-refractivity contribution < 1.29 is 4.48 Å². The van der Waals surface area contributed by atoms with Gasteiger partial charge in [-0.25, -0.2) is 0 Å². The molecule has 0 spiro atoms. The van der Waals surface area contributed by atoms with Gasteiger partial charge in [0.15, 0.2) is 0 Å². The second-order valence-electron chi connectivity index (χ2n) is 13.1. The van der Waals surface area contributed by atoms with Crippen LogP contribution in [0.3, 0.4) is 0 Å². The fraction of sp³-hybridized carbons (Fsp3) is 1.00. The van der Waals surface area contributed by atoms with Crippen LogP contribution >= 0.6 is 0 Å². The summed E-state index contributed by atoms with van der Waals surface area (Å²) in [5, 5.41) is 0. The van der Waals surface area contributed by atoms with Gasteiger partial charge in [-0.05, 0) is 51.4 Å². The predicted octanol–water partition coefficient (Wildman–Crippen LogP) is 13.2. The third-order valence-corrected chi connectivity index (χ3v) is 9.19. The number of quaternary nitrogens is 1. The molecular formula is C37H78N+. The quantitative estimate of drug-likeness (QED) is 0.0577. The smallest absolute Gasteiger partial charge is 0.0786 e. The highest BCUT2D eigenvalue weighted by Gasteiger charge is 2.25. The van der Waals surface area contributed by atoms with Gasteiger partial charge in [0.2, 0.25) is 0 Å². The molecule has 0 amide bonds. The summed E-state index contributed by atoms with van der Waals surface area (Å²) < 4.78 is 1.48. The Labute approximate surface area is 244 Å². The van der Waals surface area contributed by atoms with Crippen molar-refractivity contribution in [1.29, 1.82) is 0 Å². The number of rotatable bonds is 33. The van der Waals surface area contributed by atoms with Crippen molar-refractivity contribution in [3.63, 3.8) is 0 Å². The Bertz CT molecular complexity index is 371. The van der Waals surface area contributed by atoms with Crippen LogP contribution in [-0.2, 0) is 0 Å². The molecule has 0 heterocycles. The fourth-order valence-electron chi connectivity index (χ4n) is 6.46. The average molecular weight is 537 g/mol.